The lowest BCUT2D eigenvalue weighted by Gasteiger charge is -2.08. The van der Waals surface area contributed by atoms with E-state index in [4.69, 9.17) is 20.8 Å². The molecule has 0 saturated heterocycles. The van der Waals surface area contributed by atoms with E-state index in [0.717, 1.165) is 16.2 Å². The van der Waals surface area contributed by atoms with Crippen LogP contribution in [0.25, 0.3) is 21.1 Å². The Bertz CT molecular complexity index is 1260. The van der Waals surface area contributed by atoms with Crippen LogP contribution in [0.1, 0.15) is 15.2 Å². The normalized spacial score (nSPS) is 11.1. The number of carbonyl (C=O) groups is 1. The van der Waals surface area contributed by atoms with Crippen LogP contribution in [0.4, 0.5) is 0 Å². The smallest absolute Gasteiger partial charge is 0.350 e. The van der Waals surface area contributed by atoms with E-state index in [1.54, 1.807) is 0 Å². The van der Waals surface area contributed by atoms with E-state index in [1.165, 1.54) is 23.5 Å². The van der Waals surface area contributed by atoms with E-state index in [2.05, 4.69) is 0 Å². The Morgan fingerprint density at radius 1 is 1.11 bits per heavy atom. The van der Waals surface area contributed by atoms with Crippen molar-refractivity contribution in [2.24, 2.45) is 0 Å². The fourth-order valence-corrected chi connectivity index (χ4v) is 4.13. The Hall–Kier alpha value is -3.03. The van der Waals surface area contributed by atoms with Gasteiger partial charge in [0, 0.05) is 33.2 Å². The van der Waals surface area contributed by atoms with Crippen LogP contribution in [-0.2, 0) is 11.3 Å². The average Bonchev–Trinajstić information content (AvgIpc) is 2.98. The summed E-state index contributed by atoms with van der Waals surface area (Å²) >= 11 is 7.49. The molecule has 0 aliphatic carbocycles. The molecule has 4 aromatic rings. The molecule has 0 radical (unpaired) electrons. The molecule has 0 spiro atoms. The maximum absolute atomic E-state index is 12.5. The van der Waals surface area contributed by atoms with Gasteiger partial charge in [0.1, 0.15) is 17.1 Å². The zero-order chi connectivity index (χ0) is 19.1. The molecule has 2 aromatic heterocycles. The van der Waals surface area contributed by atoms with E-state index in [1.807, 2.05) is 24.3 Å². The second kappa shape index (κ2) is 6.61. The summed E-state index contributed by atoms with van der Waals surface area (Å²) in [6.45, 7) is -0.226. The number of phenolic OH excluding ortho intramolecular Hbond substituents is 2. The Morgan fingerprint density at radius 3 is 2.63 bits per heavy atom. The predicted molar refractivity (Wildman–Crippen MR) is 102 cm³/mol. The van der Waals surface area contributed by atoms with Gasteiger partial charge < -0.3 is 19.4 Å². The molecule has 8 heteroatoms. The van der Waals surface area contributed by atoms with Gasteiger partial charge in [0.05, 0.1) is 5.02 Å². The molecule has 2 heterocycles. The minimum atomic E-state index is -0.668. The molecule has 0 unspecified atom stereocenters. The van der Waals surface area contributed by atoms with Gasteiger partial charge in [0.2, 0.25) is 0 Å². The number of rotatable bonds is 3. The van der Waals surface area contributed by atoms with Crippen LogP contribution in [-0.4, -0.2) is 16.2 Å². The quantitative estimate of drug-likeness (QED) is 0.299. The van der Waals surface area contributed by atoms with Crippen molar-refractivity contribution in [3.05, 3.63) is 68.3 Å². The number of fused-ring (bicyclic) bond motifs is 2. The van der Waals surface area contributed by atoms with Crippen molar-refractivity contribution in [2.75, 3.05) is 0 Å². The molecule has 0 bridgehead atoms. The van der Waals surface area contributed by atoms with Crippen LogP contribution in [0, 0.1) is 0 Å². The number of phenols is 2. The Morgan fingerprint density at radius 2 is 1.85 bits per heavy atom. The van der Waals surface area contributed by atoms with Gasteiger partial charge in [-0.3, -0.25) is 0 Å². The van der Waals surface area contributed by atoms with Crippen molar-refractivity contribution in [1.29, 1.82) is 0 Å². The SMILES string of the molecule is O=C(OCc1cc(=O)oc2cc(O)c(O)cc12)c1sc2ccccc2c1Cl. The van der Waals surface area contributed by atoms with E-state index >= 15 is 0 Å². The first kappa shape index (κ1) is 17.4. The second-order valence-electron chi connectivity index (χ2n) is 5.75. The van der Waals surface area contributed by atoms with Gasteiger partial charge in [-0.2, -0.15) is 0 Å². The number of aromatic hydroxyl groups is 2. The molecular formula is C19H11ClO6S. The zero-order valence-corrected chi connectivity index (χ0v) is 15.1. The summed E-state index contributed by atoms with van der Waals surface area (Å²) in [5.74, 6) is -1.42. The molecule has 0 aliphatic heterocycles. The lowest BCUT2D eigenvalue weighted by molar-refractivity contribution is 0.0480. The van der Waals surface area contributed by atoms with Gasteiger partial charge in [-0.05, 0) is 12.1 Å². The van der Waals surface area contributed by atoms with Crippen molar-refractivity contribution in [3.63, 3.8) is 0 Å². The minimum Gasteiger partial charge on any atom is -0.504 e. The van der Waals surface area contributed by atoms with Gasteiger partial charge in [-0.1, -0.05) is 29.8 Å². The number of thiophene rings is 1. The molecule has 2 N–H and O–H groups in total. The molecule has 0 amide bonds. The largest absolute Gasteiger partial charge is 0.504 e. The molecule has 136 valence electrons. The highest BCUT2D eigenvalue weighted by atomic mass is 35.5. The van der Waals surface area contributed by atoms with Crippen molar-refractivity contribution in [2.45, 2.75) is 6.61 Å². The van der Waals surface area contributed by atoms with E-state index in [0.29, 0.717) is 16.0 Å². The minimum absolute atomic E-state index is 0.0729. The Kier molecular flexibility index (Phi) is 4.25. The maximum Gasteiger partial charge on any atom is 0.350 e. The third kappa shape index (κ3) is 3.11. The van der Waals surface area contributed by atoms with Crippen LogP contribution >= 0.6 is 22.9 Å². The zero-order valence-electron chi connectivity index (χ0n) is 13.6. The summed E-state index contributed by atoms with van der Waals surface area (Å²) in [5, 5.41) is 20.7. The first-order chi connectivity index (χ1) is 12.9. The topological polar surface area (TPSA) is 97.0 Å². The maximum atomic E-state index is 12.5. The van der Waals surface area contributed by atoms with Crippen LogP contribution in [0.3, 0.4) is 0 Å². The fraction of sp³-hybridized carbons (Fsp3) is 0.0526. The van der Waals surface area contributed by atoms with Crippen LogP contribution in [0.5, 0.6) is 11.5 Å². The van der Waals surface area contributed by atoms with Crippen molar-refractivity contribution >= 4 is 50.0 Å². The van der Waals surface area contributed by atoms with Crippen LogP contribution in [0.15, 0.2) is 51.7 Å². The predicted octanol–water partition coefficient (Wildman–Crippen LogP) is 4.43. The van der Waals surface area contributed by atoms with Crippen molar-refractivity contribution < 1.29 is 24.2 Å². The number of hydrogen-bond donors (Lipinski definition) is 2. The van der Waals surface area contributed by atoms with Gasteiger partial charge in [0.25, 0.3) is 0 Å². The standard InChI is InChI=1S/C19H11ClO6S/c20-17-10-3-1-2-4-15(10)27-18(17)19(24)25-8-9-5-16(23)26-14-7-13(22)12(21)6-11(9)14/h1-7,21-22H,8H2. The Labute approximate surface area is 160 Å². The molecule has 0 saturated carbocycles. The summed E-state index contributed by atoms with van der Waals surface area (Å²) in [7, 11) is 0. The first-order valence-electron chi connectivity index (χ1n) is 7.77. The number of carbonyl (C=O) groups excluding carboxylic acids is 1. The highest BCUT2D eigenvalue weighted by molar-refractivity contribution is 7.21. The van der Waals surface area contributed by atoms with Gasteiger partial charge in [-0.15, -0.1) is 11.3 Å². The van der Waals surface area contributed by atoms with Gasteiger partial charge >= 0.3 is 11.6 Å². The summed E-state index contributed by atoms with van der Waals surface area (Å²) in [6.07, 6.45) is 0. The van der Waals surface area contributed by atoms with E-state index in [9.17, 15) is 19.8 Å². The van der Waals surface area contributed by atoms with Crippen molar-refractivity contribution in [1.82, 2.24) is 0 Å². The first-order valence-corrected chi connectivity index (χ1v) is 8.96. The summed E-state index contributed by atoms with van der Waals surface area (Å²) in [5.41, 5.74) is -0.260. The van der Waals surface area contributed by atoms with E-state index in [-0.39, 0.29) is 22.8 Å². The number of benzene rings is 2. The second-order valence-corrected chi connectivity index (χ2v) is 7.18. The lowest BCUT2D eigenvalue weighted by Crippen LogP contribution is -2.07. The monoisotopic (exact) mass is 402 g/mol. The molecule has 0 aliphatic rings. The number of hydrogen-bond acceptors (Lipinski definition) is 7. The molecule has 0 fully saturated rings. The summed E-state index contributed by atoms with van der Waals surface area (Å²) in [6, 6.07) is 10.9. The van der Waals surface area contributed by atoms with Crippen LogP contribution < -0.4 is 5.63 Å². The molecule has 6 nitrogen and oxygen atoms in total. The molecule has 27 heavy (non-hydrogen) atoms. The molecular weight excluding hydrogens is 392 g/mol. The average molecular weight is 403 g/mol. The third-order valence-corrected chi connectivity index (χ3v) is 5.66. The number of esters is 1. The molecule has 0 atom stereocenters. The summed E-state index contributed by atoms with van der Waals surface area (Å²) < 4.78 is 11.2. The third-order valence-electron chi connectivity index (χ3n) is 4.00. The van der Waals surface area contributed by atoms with E-state index < -0.39 is 17.3 Å². The summed E-state index contributed by atoms with van der Waals surface area (Å²) in [4.78, 5) is 24.4. The van der Waals surface area contributed by atoms with Crippen molar-refractivity contribution in [3.8, 4) is 11.5 Å². The fourth-order valence-electron chi connectivity index (χ4n) is 2.72. The number of ether oxygens (including phenoxy) is 1. The van der Waals surface area contributed by atoms with Gasteiger partial charge in [-0.25, -0.2) is 9.59 Å². The highest BCUT2D eigenvalue weighted by Crippen LogP contribution is 2.36. The number of halogens is 1. The van der Waals surface area contributed by atoms with Crippen LogP contribution in [0.2, 0.25) is 5.02 Å². The lowest BCUT2D eigenvalue weighted by atomic mass is 10.1. The van der Waals surface area contributed by atoms with Gasteiger partial charge in [0.15, 0.2) is 11.5 Å². The Balaban J connectivity index is 1.66. The molecule has 4 rings (SSSR count). The molecule has 2 aromatic carbocycles. The highest BCUT2D eigenvalue weighted by Gasteiger charge is 2.19.